The second-order valence-electron chi connectivity index (χ2n) is 7.38. The Morgan fingerprint density at radius 1 is 1.29 bits per heavy atom. The summed E-state index contributed by atoms with van der Waals surface area (Å²) >= 11 is 0. The Balaban J connectivity index is 1.56. The number of likely N-dealkylation sites (tertiary alicyclic amines) is 2. The highest BCUT2D eigenvalue weighted by Gasteiger charge is 2.48. The molecule has 0 aromatic carbocycles. The Hall–Kier alpha value is -2.18. The zero-order valence-corrected chi connectivity index (χ0v) is 13.9. The van der Waals surface area contributed by atoms with Gasteiger partial charge in [0.1, 0.15) is 11.5 Å². The molecule has 4 rings (SSSR count). The van der Waals surface area contributed by atoms with Crippen molar-refractivity contribution in [2.45, 2.75) is 38.0 Å². The van der Waals surface area contributed by atoms with Crippen LogP contribution < -0.4 is 5.56 Å². The van der Waals surface area contributed by atoms with Crippen LogP contribution in [0.1, 0.15) is 54.3 Å². The summed E-state index contributed by atoms with van der Waals surface area (Å²) in [5, 5.41) is 0. The zero-order valence-electron chi connectivity index (χ0n) is 13.9. The molecule has 1 aliphatic carbocycles. The summed E-state index contributed by atoms with van der Waals surface area (Å²) in [5.74, 6) is 0.805. The number of H-pyrrole nitrogens is 1. The molecule has 2 saturated heterocycles. The maximum atomic E-state index is 12.8. The van der Waals surface area contributed by atoms with E-state index in [0.717, 1.165) is 32.2 Å². The molecule has 2 aliphatic heterocycles. The van der Waals surface area contributed by atoms with Gasteiger partial charge in [-0.3, -0.25) is 14.4 Å². The fraction of sp³-hybridized carbons (Fsp3) is 0.647. The van der Waals surface area contributed by atoms with E-state index in [0.29, 0.717) is 25.3 Å². The molecule has 3 aliphatic rings. The van der Waals surface area contributed by atoms with E-state index in [4.69, 9.17) is 0 Å². The number of amides is 2. The van der Waals surface area contributed by atoms with Crippen molar-refractivity contribution in [3.63, 3.8) is 0 Å². The number of carbonyl (C=O) groups excluding carboxylic acids is 2. The van der Waals surface area contributed by atoms with Crippen molar-refractivity contribution >= 4 is 11.8 Å². The van der Waals surface area contributed by atoms with Gasteiger partial charge in [-0.1, -0.05) is 0 Å². The van der Waals surface area contributed by atoms with E-state index in [-0.39, 0.29) is 29.0 Å². The Morgan fingerprint density at radius 2 is 2.08 bits per heavy atom. The first-order chi connectivity index (χ1) is 11.5. The third-order valence-corrected chi connectivity index (χ3v) is 5.53. The Labute approximate surface area is 140 Å². The highest BCUT2D eigenvalue weighted by molar-refractivity contribution is 5.93. The number of rotatable bonds is 2. The number of hydrogen-bond acceptors (Lipinski definition) is 4. The molecular weight excluding hydrogens is 308 g/mol. The van der Waals surface area contributed by atoms with Crippen molar-refractivity contribution in [1.29, 1.82) is 0 Å². The van der Waals surface area contributed by atoms with Crippen LogP contribution in [0.15, 0.2) is 10.9 Å². The molecular formula is C17H22N4O3. The van der Waals surface area contributed by atoms with Crippen LogP contribution in [-0.2, 0) is 4.79 Å². The molecule has 0 radical (unpaired) electrons. The topological polar surface area (TPSA) is 86.4 Å². The molecule has 3 heterocycles. The van der Waals surface area contributed by atoms with Crippen LogP contribution in [0.3, 0.4) is 0 Å². The largest absolute Gasteiger partial charge is 0.345 e. The van der Waals surface area contributed by atoms with Gasteiger partial charge in [-0.05, 0) is 32.1 Å². The lowest BCUT2D eigenvalue weighted by molar-refractivity contribution is -0.143. The molecule has 1 aromatic rings. The van der Waals surface area contributed by atoms with Crippen molar-refractivity contribution < 1.29 is 9.59 Å². The Morgan fingerprint density at radius 3 is 2.83 bits per heavy atom. The SMILES string of the molecule is CN1CCCC2(CCN(C(=O)c3cc(=O)[nH]c(C4CC4)n3)C2)C1=O. The molecule has 2 amide bonds. The molecule has 24 heavy (non-hydrogen) atoms. The van der Waals surface area contributed by atoms with E-state index in [1.54, 1.807) is 9.80 Å². The average molecular weight is 330 g/mol. The van der Waals surface area contributed by atoms with Crippen molar-refractivity contribution in [3.05, 3.63) is 27.9 Å². The van der Waals surface area contributed by atoms with Crippen LogP contribution in [0, 0.1) is 5.41 Å². The minimum atomic E-state index is -0.441. The van der Waals surface area contributed by atoms with E-state index in [1.165, 1.54) is 6.07 Å². The number of hydrogen-bond donors (Lipinski definition) is 1. The van der Waals surface area contributed by atoms with E-state index >= 15 is 0 Å². The number of piperidine rings is 1. The number of aromatic nitrogens is 2. The van der Waals surface area contributed by atoms with Crippen LogP contribution in [-0.4, -0.2) is 58.3 Å². The van der Waals surface area contributed by atoms with Crippen LogP contribution >= 0.6 is 0 Å². The van der Waals surface area contributed by atoms with Gasteiger partial charge in [0.25, 0.3) is 11.5 Å². The maximum absolute atomic E-state index is 12.8. The fourth-order valence-corrected chi connectivity index (χ4v) is 3.99. The molecule has 7 heteroatoms. The quantitative estimate of drug-likeness (QED) is 0.866. The monoisotopic (exact) mass is 330 g/mol. The Kier molecular flexibility index (Phi) is 3.47. The van der Waals surface area contributed by atoms with E-state index in [2.05, 4.69) is 9.97 Å². The highest BCUT2D eigenvalue weighted by Crippen LogP contribution is 2.40. The van der Waals surface area contributed by atoms with Gasteiger partial charge in [-0.15, -0.1) is 0 Å². The summed E-state index contributed by atoms with van der Waals surface area (Å²) < 4.78 is 0. The molecule has 1 spiro atoms. The summed E-state index contributed by atoms with van der Waals surface area (Å²) in [7, 11) is 1.83. The summed E-state index contributed by atoms with van der Waals surface area (Å²) in [4.78, 5) is 47.8. The van der Waals surface area contributed by atoms with Gasteiger partial charge in [0, 0.05) is 38.7 Å². The first kappa shape index (κ1) is 15.4. The molecule has 1 N–H and O–H groups in total. The Bertz CT molecular complexity index is 754. The average Bonchev–Trinajstić information content (AvgIpc) is 3.33. The predicted molar refractivity (Wildman–Crippen MR) is 86.7 cm³/mol. The molecule has 1 atom stereocenters. The van der Waals surface area contributed by atoms with Gasteiger partial charge in [0.05, 0.1) is 5.41 Å². The van der Waals surface area contributed by atoms with Gasteiger partial charge in [-0.2, -0.15) is 0 Å². The second-order valence-corrected chi connectivity index (χ2v) is 7.38. The number of carbonyl (C=O) groups is 2. The summed E-state index contributed by atoms with van der Waals surface area (Å²) in [6.45, 7) is 1.77. The first-order valence-electron chi connectivity index (χ1n) is 8.65. The fourth-order valence-electron chi connectivity index (χ4n) is 3.99. The zero-order chi connectivity index (χ0) is 16.9. The van der Waals surface area contributed by atoms with Crippen LogP contribution in [0.25, 0.3) is 0 Å². The standard InChI is InChI=1S/C17H22N4O3/c1-20-7-2-5-17(16(20)24)6-8-21(10-17)15(23)12-9-13(22)19-14(18-12)11-3-4-11/h9,11H,2-8,10H2,1H3,(H,18,19,22). The van der Waals surface area contributed by atoms with Crippen molar-refractivity contribution in [1.82, 2.24) is 19.8 Å². The van der Waals surface area contributed by atoms with Crippen molar-refractivity contribution in [2.24, 2.45) is 5.41 Å². The third kappa shape index (κ3) is 2.52. The number of nitrogens with zero attached hydrogens (tertiary/aromatic N) is 3. The molecule has 7 nitrogen and oxygen atoms in total. The van der Waals surface area contributed by atoms with Gasteiger partial charge in [-0.25, -0.2) is 4.98 Å². The minimum absolute atomic E-state index is 0.140. The van der Waals surface area contributed by atoms with Gasteiger partial charge < -0.3 is 14.8 Å². The molecule has 128 valence electrons. The predicted octanol–water partition coefficient (Wildman–Crippen LogP) is 0.732. The summed E-state index contributed by atoms with van der Waals surface area (Å²) in [5.41, 5.74) is -0.518. The van der Waals surface area contributed by atoms with Gasteiger partial charge >= 0.3 is 0 Å². The highest BCUT2D eigenvalue weighted by atomic mass is 16.2. The summed E-state index contributed by atoms with van der Waals surface area (Å²) in [6.07, 6.45) is 4.51. The first-order valence-corrected chi connectivity index (χ1v) is 8.65. The van der Waals surface area contributed by atoms with Gasteiger partial charge in [0.2, 0.25) is 5.91 Å². The lowest BCUT2D eigenvalue weighted by Gasteiger charge is -2.37. The lowest BCUT2D eigenvalue weighted by Crippen LogP contribution is -2.48. The normalized spacial score (nSPS) is 27.1. The van der Waals surface area contributed by atoms with Crippen LogP contribution in [0.5, 0.6) is 0 Å². The second kappa shape index (κ2) is 5.43. The maximum Gasteiger partial charge on any atom is 0.272 e. The van der Waals surface area contributed by atoms with Crippen LogP contribution in [0.4, 0.5) is 0 Å². The van der Waals surface area contributed by atoms with E-state index in [1.807, 2.05) is 7.05 Å². The van der Waals surface area contributed by atoms with Crippen LogP contribution in [0.2, 0.25) is 0 Å². The number of aromatic amines is 1. The van der Waals surface area contributed by atoms with Crippen molar-refractivity contribution in [3.8, 4) is 0 Å². The van der Waals surface area contributed by atoms with E-state index in [9.17, 15) is 14.4 Å². The lowest BCUT2D eigenvalue weighted by atomic mass is 9.78. The smallest absolute Gasteiger partial charge is 0.272 e. The molecule has 1 aromatic heterocycles. The van der Waals surface area contributed by atoms with Gasteiger partial charge in [0.15, 0.2) is 0 Å². The van der Waals surface area contributed by atoms with Crippen molar-refractivity contribution in [2.75, 3.05) is 26.7 Å². The molecule has 1 saturated carbocycles. The third-order valence-electron chi connectivity index (χ3n) is 5.53. The molecule has 0 bridgehead atoms. The van der Waals surface area contributed by atoms with E-state index < -0.39 is 5.41 Å². The minimum Gasteiger partial charge on any atom is -0.345 e. The number of nitrogens with one attached hydrogen (secondary N) is 1. The molecule has 1 unspecified atom stereocenters. The summed E-state index contributed by atoms with van der Waals surface area (Å²) in [6, 6.07) is 1.27. The molecule has 3 fully saturated rings.